The van der Waals surface area contributed by atoms with Gasteiger partial charge in [0.15, 0.2) is 0 Å². The maximum atomic E-state index is 15.0. The van der Waals surface area contributed by atoms with Gasteiger partial charge < -0.3 is 4.74 Å². The van der Waals surface area contributed by atoms with Gasteiger partial charge in [-0.05, 0) is 86.0 Å². The quantitative estimate of drug-likeness (QED) is 0.445. The molecule has 0 aromatic heterocycles. The number of benzene rings is 2. The third kappa shape index (κ3) is 4.35. The van der Waals surface area contributed by atoms with E-state index in [1.54, 1.807) is 30.3 Å². The predicted molar refractivity (Wildman–Crippen MR) is 119 cm³/mol. The van der Waals surface area contributed by atoms with Crippen LogP contribution in [-0.2, 0) is 0 Å². The highest BCUT2D eigenvalue weighted by molar-refractivity contribution is 5.66. The van der Waals surface area contributed by atoms with Crippen LogP contribution in [0.1, 0.15) is 50.0 Å². The smallest absolute Gasteiger partial charge is 0.134 e. The zero-order chi connectivity index (χ0) is 21.1. The standard InChI is InChI=1S/C27H30F2O/c1-3-13-30-23-10-12-25(27(29)17-23)24-11-9-22(16-26(24)28)21-8-7-19-14-18(4-2)5-6-20(19)15-21/h3-4,9-12,16-21H,1-2,5-8,13-15H2. The molecule has 2 fully saturated rings. The Kier molecular flexibility index (Phi) is 6.36. The van der Waals surface area contributed by atoms with Crippen molar-refractivity contribution in [1.29, 1.82) is 0 Å². The second-order valence-corrected chi connectivity index (χ2v) is 8.82. The fourth-order valence-corrected chi connectivity index (χ4v) is 5.41. The predicted octanol–water partition coefficient (Wildman–Crippen LogP) is 7.68. The largest absolute Gasteiger partial charge is 0.489 e. The van der Waals surface area contributed by atoms with Crippen LogP contribution in [0.15, 0.2) is 61.7 Å². The average Bonchev–Trinajstić information content (AvgIpc) is 2.77. The molecule has 0 spiro atoms. The summed E-state index contributed by atoms with van der Waals surface area (Å²) in [6.45, 7) is 7.86. The Morgan fingerprint density at radius 1 is 0.867 bits per heavy atom. The number of halogens is 2. The molecule has 2 aliphatic rings. The molecule has 0 saturated heterocycles. The third-order valence-corrected chi connectivity index (χ3v) is 7.05. The van der Waals surface area contributed by atoms with E-state index >= 15 is 0 Å². The summed E-state index contributed by atoms with van der Waals surface area (Å²) >= 11 is 0. The van der Waals surface area contributed by atoms with E-state index in [4.69, 9.17) is 4.74 Å². The van der Waals surface area contributed by atoms with Crippen molar-refractivity contribution >= 4 is 0 Å². The lowest BCUT2D eigenvalue weighted by atomic mass is 9.64. The summed E-state index contributed by atoms with van der Waals surface area (Å²) in [7, 11) is 0. The highest BCUT2D eigenvalue weighted by Crippen LogP contribution is 2.48. The van der Waals surface area contributed by atoms with Crippen LogP contribution in [0.4, 0.5) is 8.78 Å². The van der Waals surface area contributed by atoms with Crippen molar-refractivity contribution in [2.45, 2.75) is 44.4 Å². The number of fused-ring (bicyclic) bond motifs is 1. The first-order valence-corrected chi connectivity index (χ1v) is 11.0. The van der Waals surface area contributed by atoms with Crippen LogP contribution in [0, 0.1) is 29.4 Å². The normalized spacial score (nSPS) is 25.9. The Balaban J connectivity index is 1.49. The van der Waals surface area contributed by atoms with Crippen molar-refractivity contribution in [3.8, 4) is 16.9 Å². The van der Waals surface area contributed by atoms with E-state index in [2.05, 4.69) is 19.2 Å². The molecular weight excluding hydrogens is 378 g/mol. The number of hydrogen-bond acceptors (Lipinski definition) is 1. The summed E-state index contributed by atoms with van der Waals surface area (Å²) in [4.78, 5) is 0. The number of rotatable bonds is 6. The minimum atomic E-state index is -0.484. The first-order chi connectivity index (χ1) is 14.6. The van der Waals surface area contributed by atoms with E-state index in [0.717, 1.165) is 30.2 Å². The van der Waals surface area contributed by atoms with Gasteiger partial charge >= 0.3 is 0 Å². The third-order valence-electron chi connectivity index (χ3n) is 7.05. The molecular formula is C27H30F2O. The maximum Gasteiger partial charge on any atom is 0.134 e. The van der Waals surface area contributed by atoms with Crippen molar-refractivity contribution in [2.75, 3.05) is 6.61 Å². The summed E-state index contributed by atoms with van der Waals surface area (Å²) < 4.78 is 34.9. The molecule has 2 aliphatic carbocycles. The average molecular weight is 409 g/mol. The Morgan fingerprint density at radius 3 is 2.27 bits per heavy atom. The maximum absolute atomic E-state index is 15.0. The van der Waals surface area contributed by atoms with E-state index < -0.39 is 5.82 Å². The molecule has 4 rings (SSSR count). The molecule has 0 N–H and O–H groups in total. The summed E-state index contributed by atoms with van der Waals surface area (Å²) in [5.74, 6) is 2.17. The lowest BCUT2D eigenvalue weighted by Crippen LogP contribution is -2.30. The van der Waals surface area contributed by atoms with Crippen molar-refractivity contribution in [1.82, 2.24) is 0 Å². The van der Waals surface area contributed by atoms with Crippen molar-refractivity contribution in [2.24, 2.45) is 17.8 Å². The summed E-state index contributed by atoms with van der Waals surface area (Å²) in [6, 6.07) is 9.88. The van der Waals surface area contributed by atoms with Crippen LogP contribution in [0.5, 0.6) is 5.75 Å². The van der Waals surface area contributed by atoms with E-state index in [0.29, 0.717) is 29.8 Å². The Hall–Kier alpha value is -2.42. The number of allylic oxidation sites excluding steroid dienone is 1. The highest BCUT2D eigenvalue weighted by Gasteiger charge is 2.35. The molecule has 2 aromatic carbocycles. The molecule has 0 amide bonds. The van der Waals surface area contributed by atoms with Crippen molar-refractivity contribution in [3.05, 3.63) is 78.9 Å². The molecule has 0 radical (unpaired) electrons. The highest BCUT2D eigenvalue weighted by atomic mass is 19.1. The van der Waals surface area contributed by atoms with Gasteiger partial charge in [-0.25, -0.2) is 8.78 Å². The van der Waals surface area contributed by atoms with Gasteiger partial charge in [0.1, 0.15) is 24.0 Å². The molecule has 0 heterocycles. The summed E-state index contributed by atoms with van der Waals surface area (Å²) in [6.07, 6.45) is 10.9. The first kappa shape index (κ1) is 20.8. The first-order valence-electron chi connectivity index (χ1n) is 11.0. The number of hydrogen-bond donors (Lipinski definition) is 0. The lowest BCUT2D eigenvalue weighted by molar-refractivity contribution is 0.133. The fourth-order valence-electron chi connectivity index (χ4n) is 5.41. The van der Waals surface area contributed by atoms with Gasteiger partial charge in [0.2, 0.25) is 0 Å². The fraction of sp³-hybridized carbons (Fsp3) is 0.407. The second-order valence-electron chi connectivity index (χ2n) is 8.82. The van der Waals surface area contributed by atoms with Gasteiger partial charge in [-0.2, -0.15) is 0 Å². The van der Waals surface area contributed by atoms with Crippen LogP contribution >= 0.6 is 0 Å². The van der Waals surface area contributed by atoms with Gasteiger partial charge in [0.05, 0.1) is 0 Å². The zero-order valence-corrected chi connectivity index (χ0v) is 17.5. The Morgan fingerprint density at radius 2 is 1.57 bits per heavy atom. The summed E-state index contributed by atoms with van der Waals surface area (Å²) in [5, 5.41) is 0. The van der Waals surface area contributed by atoms with Crippen LogP contribution in [-0.4, -0.2) is 6.61 Å². The Labute approximate surface area is 178 Å². The molecule has 4 atom stereocenters. The second kappa shape index (κ2) is 9.16. The molecule has 0 aliphatic heterocycles. The van der Waals surface area contributed by atoms with Crippen molar-refractivity contribution in [3.63, 3.8) is 0 Å². The van der Waals surface area contributed by atoms with E-state index in [-0.39, 0.29) is 11.4 Å². The molecule has 0 bridgehead atoms. The minimum Gasteiger partial charge on any atom is -0.489 e. The summed E-state index contributed by atoms with van der Waals surface area (Å²) in [5.41, 5.74) is 1.61. The van der Waals surface area contributed by atoms with Crippen molar-refractivity contribution < 1.29 is 13.5 Å². The number of ether oxygens (including phenoxy) is 1. The van der Waals surface area contributed by atoms with Gasteiger partial charge in [-0.1, -0.05) is 30.9 Å². The molecule has 2 aromatic rings. The molecule has 30 heavy (non-hydrogen) atoms. The molecule has 158 valence electrons. The molecule has 1 nitrogen and oxygen atoms in total. The lowest BCUT2D eigenvalue weighted by Gasteiger charge is -2.41. The van der Waals surface area contributed by atoms with Crippen LogP contribution in [0.3, 0.4) is 0 Å². The van der Waals surface area contributed by atoms with Gasteiger partial charge in [0.25, 0.3) is 0 Å². The molecule has 3 heteroatoms. The monoisotopic (exact) mass is 408 g/mol. The van der Waals surface area contributed by atoms with Gasteiger partial charge in [-0.3, -0.25) is 0 Å². The minimum absolute atomic E-state index is 0.261. The van der Waals surface area contributed by atoms with Gasteiger partial charge in [0, 0.05) is 17.2 Å². The SMILES string of the molecule is C=CCOc1ccc(-c2ccc(C3CCC4CC(C=C)CCC4C3)cc2F)c(F)c1. The Bertz CT molecular complexity index is 919. The van der Waals surface area contributed by atoms with E-state index in [1.165, 1.54) is 31.7 Å². The topological polar surface area (TPSA) is 9.23 Å². The van der Waals surface area contributed by atoms with Crippen LogP contribution in [0.25, 0.3) is 11.1 Å². The molecule has 4 unspecified atom stereocenters. The van der Waals surface area contributed by atoms with Gasteiger partial charge in [-0.15, -0.1) is 6.58 Å². The van der Waals surface area contributed by atoms with Crippen LogP contribution < -0.4 is 4.74 Å². The zero-order valence-electron chi connectivity index (χ0n) is 17.5. The van der Waals surface area contributed by atoms with Crippen LogP contribution in [0.2, 0.25) is 0 Å². The van der Waals surface area contributed by atoms with E-state index in [9.17, 15) is 8.78 Å². The van der Waals surface area contributed by atoms with E-state index in [1.807, 2.05) is 6.07 Å². The molecule has 2 saturated carbocycles.